The number of esters is 1. The van der Waals surface area contributed by atoms with Gasteiger partial charge < -0.3 is 13.7 Å². The smallest absolute Gasteiger partial charge is 0.362 e. The molecule has 0 aromatic carbocycles. The van der Waals surface area contributed by atoms with E-state index < -0.39 is 0 Å². The van der Waals surface area contributed by atoms with Gasteiger partial charge in [0.2, 0.25) is 0 Å². The van der Waals surface area contributed by atoms with Crippen LogP contribution in [0.15, 0.2) is 0 Å². The Morgan fingerprint density at radius 2 is 1.09 bits per heavy atom. The van der Waals surface area contributed by atoms with Crippen molar-refractivity contribution in [3.05, 3.63) is 0 Å². The number of ether oxygens (including phenoxy) is 1. The predicted octanol–water partition coefficient (Wildman–Crippen LogP) is 2.34. The van der Waals surface area contributed by atoms with Gasteiger partial charge in [-0.2, -0.15) is 0 Å². The number of ketones is 1. The first-order valence-corrected chi connectivity index (χ1v) is 8.09. The third kappa shape index (κ3) is 19.0. The number of hydrogen-bond donors (Lipinski definition) is 0. The molecular weight excluding hydrogens is 292 g/mol. The SMILES string of the molecule is CC(C)(C)C(=O)C[N+](C)(C)C.CC(C)(C)OC(=O)C[N+](C)(C)C. The third-order valence-electron chi connectivity index (χ3n) is 2.48. The molecule has 0 radical (unpaired) electrons. The lowest BCUT2D eigenvalue weighted by atomic mass is 9.90. The van der Waals surface area contributed by atoms with Crippen LogP contribution in [0.25, 0.3) is 0 Å². The Hall–Kier alpha value is -0.940. The minimum atomic E-state index is -0.369. The molecule has 0 aliphatic heterocycles. The number of quaternary nitrogens is 2. The molecule has 0 bridgehead atoms. The fourth-order valence-corrected chi connectivity index (χ4v) is 1.43. The maximum atomic E-state index is 11.5. The van der Waals surface area contributed by atoms with Crippen LogP contribution in [0.3, 0.4) is 0 Å². The second kappa shape index (κ2) is 8.25. The summed E-state index contributed by atoms with van der Waals surface area (Å²) in [5.74, 6) is 0.181. The van der Waals surface area contributed by atoms with Crippen LogP contribution in [-0.4, -0.2) is 81.7 Å². The second-order valence-corrected chi connectivity index (χ2v) is 10.2. The minimum Gasteiger partial charge on any atom is -0.456 e. The molecule has 0 saturated carbocycles. The van der Waals surface area contributed by atoms with Gasteiger partial charge in [0.05, 0.1) is 42.3 Å². The van der Waals surface area contributed by atoms with Crippen molar-refractivity contribution in [1.29, 1.82) is 0 Å². The maximum Gasteiger partial charge on any atom is 0.362 e. The molecule has 23 heavy (non-hydrogen) atoms. The fourth-order valence-electron chi connectivity index (χ4n) is 1.43. The van der Waals surface area contributed by atoms with Crippen molar-refractivity contribution in [3.63, 3.8) is 0 Å². The Morgan fingerprint density at radius 1 is 0.739 bits per heavy atom. The van der Waals surface area contributed by atoms with E-state index in [4.69, 9.17) is 4.74 Å². The van der Waals surface area contributed by atoms with Crippen molar-refractivity contribution in [3.8, 4) is 0 Å². The van der Waals surface area contributed by atoms with Crippen molar-refractivity contribution in [2.75, 3.05) is 55.4 Å². The van der Waals surface area contributed by atoms with Gasteiger partial charge in [-0.15, -0.1) is 0 Å². The summed E-state index contributed by atoms with van der Waals surface area (Å²) >= 11 is 0. The Balaban J connectivity index is 0. The van der Waals surface area contributed by atoms with Gasteiger partial charge in [0, 0.05) is 5.41 Å². The van der Waals surface area contributed by atoms with Gasteiger partial charge in [-0.1, -0.05) is 20.8 Å². The highest BCUT2D eigenvalue weighted by Crippen LogP contribution is 2.15. The van der Waals surface area contributed by atoms with E-state index >= 15 is 0 Å². The van der Waals surface area contributed by atoms with Crippen molar-refractivity contribution >= 4 is 11.8 Å². The molecule has 0 fully saturated rings. The Kier molecular flexibility index (Phi) is 8.72. The van der Waals surface area contributed by atoms with E-state index in [0.29, 0.717) is 23.4 Å². The predicted molar refractivity (Wildman–Crippen MR) is 96.1 cm³/mol. The van der Waals surface area contributed by atoms with Gasteiger partial charge in [-0.05, 0) is 20.8 Å². The molecule has 0 N–H and O–H groups in total. The largest absolute Gasteiger partial charge is 0.456 e. The number of likely N-dealkylation sites (N-methyl/N-ethyl adjacent to an activating group) is 2. The van der Waals surface area contributed by atoms with Crippen LogP contribution in [0.1, 0.15) is 41.5 Å². The molecular formula is C18H40N2O3+2. The van der Waals surface area contributed by atoms with Crippen molar-refractivity contribution in [2.45, 2.75) is 47.1 Å². The molecule has 5 heteroatoms. The Morgan fingerprint density at radius 3 is 1.26 bits per heavy atom. The number of carbonyl (C=O) groups is 2. The van der Waals surface area contributed by atoms with Crippen LogP contribution >= 0.6 is 0 Å². The lowest BCUT2D eigenvalue weighted by Gasteiger charge is -2.26. The van der Waals surface area contributed by atoms with Crippen LogP contribution in [0.4, 0.5) is 0 Å². The van der Waals surface area contributed by atoms with Gasteiger partial charge in [-0.3, -0.25) is 4.79 Å². The summed E-state index contributed by atoms with van der Waals surface area (Å²) < 4.78 is 6.48. The molecule has 0 aromatic heterocycles. The van der Waals surface area contributed by atoms with E-state index in [0.717, 1.165) is 4.48 Å². The molecule has 0 saturated heterocycles. The van der Waals surface area contributed by atoms with E-state index in [2.05, 4.69) is 0 Å². The molecule has 0 atom stereocenters. The lowest BCUT2D eigenvalue weighted by molar-refractivity contribution is -0.862. The zero-order chi connectivity index (χ0) is 19.3. The summed E-state index contributed by atoms with van der Waals surface area (Å²) in [7, 11) is 12.0. The van der Waals surface area contributed by atoms with E-state index in [9.17, 15) is 9.59 Å². The highest BCUT2D eigenvalue weighted by Gasteiger charge is 2.26. The minimum absolute atomic E-state index is 0.144. The zero-order valence-corrected chi connectivity index (χ0v) is 17.5. The topological polar surface area (TPSA) is 43.4 Å². The summed E-state index contributed by atoms with van der Waals surface area (Å²) in [4.78, 5) is 22.7. The van der Waals surface area contributed by atoms with Crippen LogP contribution in [0.2, 0.25) is 0 Å². The first kappa shape index (κ1) is 24.3. The molecule has 5 nitrogen and oxygen atoms in total. The van der Waals surface area contributed by atoms with Gasteiger partial charge >= 0.3 is 5.97 Å². The lowest BCUT2D eigenvalue weighted by Crippen LogP contribution is -2.43. The second-order valence-electron chi connectivity index (χ2n) is 10.2. The molecule has 0 rings (SSSR count). The van der Waals surface area contributed by atoms with E-state index in [1.54, 1.807) is 0 Å². The van der Waals surface area contributed by atoms with Crippen LogP contribution in [0.5, 0.6) is 0 Å². The van der Waals surface area contributed by atoms with Crippen LogP contribution < -0.4 is 0 Å². The monoisotopic (exact) mass is 332 g/mol. The standard InChI is InChI=1S/C9H20NO2.C9H20NO/c1-9(2,3)12-8(11)7-10(4,5)6;1-9(2,3)8(11)7-10(4,5)6/h7H2,1-6H3;7H2,1-6H3/q2*+1. The summed E-state index contributed by atoms with van der Waals surface area (Å²) in [5.41, 5.74) is -0.558. The third-order valence-corrected chi connectivity index (χ3v) is 2.48. The van der Waals surface area contributed by atoms with Gasteiger partial charge in [0.25, 0.3) is 0 Å². The van der Waals surface area contributed by atoms with Gasteiger partial charge in [-0.25, -0.2) is 4.79 Å². The normalized spacial score (nSPS) is 13.0. The fraction of sp³-hybridized carbons (Fsp3) is 0.889. The van der Waals surface area contributed by atoms with Crippen molar-refractivity contribution < 1.29 is 23.3 Å². The highest BCUT2D eigenvalue weighted by molar-refractivity contribution is 5.84. The number of nitrogens with zero attached hydrogens (tertiary/aromatic N) is 2. The molecule has 0 aromatic rings. The zero-order valence-electron chi connectivity index (χ0n) is 17.5. The van der Waals surface area contributed by atoms with Crippen molar-refractivity contribution in [2.24, 2.45) is 5.41 Å². The number of rotatable bonds is 4. The average molecular weight is 333 g/mol. The summed E-state index contributed by atoms with van der Waals surface area (Å²) in [6, 6.07) is 0. The van der Waals surface area contributed by atoms with Gasteiger partial charge in [0.1, 0.15) is 12.1 Å². The molecule has 0 aliphatic rings. The summed E-state index contributed by atoms with van der Waals surface area (Å²) in [6.45, 7) is 12.5. The van der Waals surface area contributed by atoms with E-state index in [-0.39, 0.29) is 17.0 Å². The average Bonchev–Trinajstić information content (AvgIpc) is 2.06. The van der Waals surface area contributed by atoms with Crippen LogP contribution in [0, 0.1) is 5.41 Å². The van der Waals surface area contributed by atoms with E-state index in [1.165, 1.54) is 0 Å². The Labute approximate surface area is 143 Å². The number of Topliss-reactive ketones (excluding diaryl/α,β-unsaturated/α-hetero) is 1. The Bertz CT molecular complexity index is 370. The summed E-state index contributed by atoms with van der Waals surface area (Å²) in [6.07, 6.45) is 0. The number of carbonyl (C=O) groups excluding carboxylic acids is 2. The van der Waals surface area contributed by atoms with Crippen molar-refractivity contribution in [1.82, 2.24) is 0 Å². The molecule has 0 amide bonds. The highest BCUT2D eigenvalue weighted by atomic mass is 16.6. The number of hydrogen-bond acceptors (Lipinski definition) is 3. The summed E-state index contributed by atoms with van der Waals surface area (Å²) in [5, 5.41) is 0. The first-order valence-electron chi connectivity index (χ1n) is 8.09. The molecule has 0 heterocycles. The molecule has 0 unspecified atom stereocenters. The van der Waals surface area contributed by atoms with Crippen LogP contribution in [-0.2, 0) is 14.3 Å². The van der Waals surface area contributed by atoms with E-state index in [1.807, 2.05) is 83.8 Å². The van der Waals surface area contributed by atoms with Gasteiger partial charge in [0.15, 0.2) is 12.3 Å². The maximum absolute atomic E-state index is 11.5. The quantitative estimate of drug-likeness (QED) is 0.586. The first-order chi connectivity index (χ1) is 9.73. The molecule has 138 valence electrons. The molecule has 0 spiro atoms. The molecule has 0 aliphatic carbocycles.